The van der Waals surface area contributed by atoms with Gasteiger partial charge >= 0.3 is 5.97 Å². The van der Waals surface area contributed by atoms with Crippen molar-refractivity contribution in [1.82, 2.24) is 14.5 Å². The Morgan fingerprint density at radius 3 is 2.45 bits per heavy atom. The van der Waals surface area contributed by atoms with Gasteiger partial charge in [0, 0.05) is 30.9 Å². The fourth-order valence-electron chi connectivity index (χ4n) is 3.70. The minimum Gasteiger partial charge on any atom is -0.464 e. The number of halogens is 1. The molecule has 0 aliphatic carbocycles. The second-order valence-electron chi connectivity index (χ2n) is 7.25. The molecule has 31 heavy (non-hydrogen) atoms. The van der Waals surface area contributed by atoms with Crippen molar-refractivity contribution in [1.29, 1.82) is 0 Å². The molecule has 0 saturated carbocycles. The SMILES string of the molecule is COC(=O)c1c(CN2CCS(=O)(=O)CC2)c(=O)c2ccc(F)nc2n1-c1ccccc1. The molecule has 0 bridgehead atoms. The summed E-state index contributed by atoms with van der Waals surface area (Å²) in [5.41, 5.74) is 0.132. The first-order chi connectivity index (χ1) is 14.8. The average Bonchev–Trinajstić information content (AvgIpc) is 2.76. The molecule has 162 valence electrons. The summed E-state index contributed by atoms with van der Waals surface area (Å²) in [5, 5.41) is 0.150. The number of rotatable bonds is 4. The Bertz CT molecular complexity index is 1310. The number of pyridine rings is 2. The molecule has 4 rings (SSSR count). The molecule has 1 aliphatic rings. The Morgan fingerprint density at radius 2 is 1.81 bits per heavy atom. The van der Waals surface area contributed by atoms with Gasteiger partial charge in [-0.2, -0.15) is 4.39 Å². The first kappa shape index (κ1) is 21.1. The molecule has 0 spiro atoms. The zero-order valence-corrected chi connectivity index (χ0v) is 17.6. The van der Waals surface area contributed by atoms with E-state index in [-0.39, 0.29) is 53.4 Å². The van der Waals surface area contributed by atoms with Gasteiger partial charge in [-0.25, -0.2) is 18.2 Å². The van der Waals surface area contributed by atoms with Gasteiger partial charge in [-0.15, -0.1) is 0 Å². The average molecular weight is 445 g/mol. The topological polar surface area (TPSA) is 98.6 Å². The van der Waals surface area contributed by atoms with Crippen LogP contribution in [0.4, 0.5) is 4.39 Å². The summed E-state index contributed by atoms with van der Waals surface area (Å²) in [6, 6.07) is 11.1. The van der Waals surface area contributed by atoms with Gasteiger partial charge in [0.2, 0.25) is 5.95 Å². The second-order valence-corrected chi connectivity index (χ2v) is 9.56. The number of aromatic nitrogens is 2. The van der Waals surface area contributed by atoms with Crippen LogP contribution >= 0.6 is 0 Å². The highest BCUT2D eigenvalue weighted by molar-refractivity contribution is 7.91. The number of carbonyl (C=O) groups is 1. The van der Waals surface area contributed by atoms with E-state index >= 15 is 0 Å². The largest absolute Gasteiger partial charge is 0.464 e. The van der Waals surface area contributed by atoms with Crippen molar-refractivity contribution in [3.63, 3.8) is 0 Å². The molecule has 1 fully saturated rings. The zero-order valence-electron chi connectivity index (χ0n) is 16.7. The number of para-hydroxylation sites is 1. The normalized spacial score (nSPS) is 16.3. The number of methoxy groups -OCH3 is 1. The van der Waals surface area contributed by atoms with Crippen molar-refractivity contribution < 1.29 is 22.3 Å². The van der Waals surface area contributed by atoms with Crippen molar-refractivity contribution in [3.05, 3.63) is 69.9 Å². The first-order valence-corrected chi connectivity index (χ1v) is 11.4. The summed E-state index contributed by atoms with van der Waals surface area (Å²) in [6.45, 7) is 0.541. The van der Waals surface area contributed by atoms with E-state index in [2.05, 4.69) is 4.98 Å². The molecule has 0 N–H and O–H groups in total. The third kappa shape index (κ3) is 4.08. The maximum Gasteiger partial charge on any atom is 0.355 e. The van der Waals surface area contributed by atoms with Crippen molar-refractivity contribution >= 4 is 26.8 Å². The molecule has 0 radical (unpaired) electrons. The Morgan fingerprint density at radius 1 is 1.13 bits per heavy atom. The number of hydrogen-bond acceptors (Lipinski definition) is 7. The molecule has 0 amide bonds. The number of hydrogen-bond donors (Lipinski definition) is 0. The Balaban J connectivity index is 1.99. The molecule has 0 atom stereocenters. The lowest BCUT2D eigenvalue weighted by Gasteiger charge is -2.27. The van der Waals surface area contributed by atoms with Gasteiger partial charge < -0.3 is 4.74 Å². The molecular weight excluding hydrogens is 425 g/mol. The molecule has 1 aliphatic heterocycles. The van der Waals surface area contributed by atoms with Gasteiger partial charge in [0.05, 0.1) is 24.0 Å². The number of nitrogens with zero attached hydrogens (tertiary/aromatic N) is 3. The van der Waals surface area contributed by atoms with Crippen LogP contribution in [-0.4, -0.2) is 60.5 Å². The van der Waals surface area contributed by atoms with Gasteiger partial charge in [-0.1, -0.05) is 18.2 Å². The van der Waals surface area contributed by atoms with Crippen LogP contribution in [0.15, 0.2) is 47.3 Å². The van der Waals surface area contributed by atoms with Crippen LogP contribution in [0.3, 0.4) is 0 Å². The summed E-state index contributed by atoms with van der Waals surface area (Å²) in [6.07, 6.45) is 0. The van der Waals surface area contributed by atoms with Crippen molar-refractivity contribution in [2.75, 3.05) is 31.7 Å². The molecular formula is C21H20FN3O5S. The van der Waals surface area contributed by atoms with E-state index in [0.29, 0.717) is 5.69 Å². The minimum atomic E-state index is -3.11. The smallest absolute Gasteiger partial charge is 0.355 e. The van der Waals surface area contributed by atoms with Crippen LogP contribution in [0.1, 0.15) is 16.1 Å². The first-order valence-electron chi connectivity index (χ1n) is 9.61. The predicted molar refractivity (Wildman–Crippen MR) is 113 cm³/mol. The summed E-state index contributed by atoms with van der Waals surface area (Å²) >= 11 is 0. The van der Waals surface area contributed by atoms with Crippen LogP contribution in [0, 0.1) is 5.95 Å². The number of sulfone groups is 1. The predicted octanol–water partition coefficient (Wildman–Crippen LogP) is 1.54. The van der Waals surface area contributed by atoms with Crippen LogP contribution in [0.5, 0.6) is 0 Å². The third-order valence-corrected chi connectivity index (χ3v) is 6.90. The van der Waals surface area contributed by atoms with E-state index in [9.17, 15) is 22.4 Å². The van der Waals surface area contributed by atoms with Crippen molar-refractivity contribution in [2.24, 2.45) is 0 Å². The lowest BCUT2D eigenvalue weighted by molar-refractivity contribution is 0.0588. The van der Waals surface area contributed by atoms with E-state index in [4.69, 9.17) is 4.74 Å². The quantitative estimate of drug-likeness (QED) is 0.444. The lowest BCUT2D eigenvalue weighted by atomic mass is 10.1. The Kier molecular flexibility index (Phi) is 5.59. The van der Waals surface area contributed by atoms with E-state index in [1.165, 1.54) is 17.7 Å². The van der Waals surface area contributed by atoms with Gasteiger partial charge in [0.15, 0.2) is 20.9 Å². The molecule has 1 saturated heterocycles. The van der Waals surface area contributed by atoms with E-state index < -0.39 is 27.2 Å². The van der Waals surface area contributed by atoms with Gasteiger partial charge in [0.25, 0.3) is 0 Å². The molecule has 1 aromatic carbocycles. The summed E-state index contributed by atoms with van der Waals surface area (Å²) in [4.78, 5) is 31.9. The second kappa shape index (κ2) is 8.20. The highest BCUT2D eigenvalue weighted by atomic mass is 32.2. The van der Waals surface area contributed by atoms with Crippen LogP contribution in [-0.2, 0) is 21.1 Å². The van der Waals surface area contributed by atoms with E-state index in [1.807, 2.05) is 4.90 Å². The molecule has 8 nitrogen and oxygen atoms in total. The zero-order chi connectivity index (χ0) is 22.2. The highest BCUT2D eigenvalue weighted by Gasteiger charge is 2.28. The highest BCUT2D eigenvalue weighted by Crippen LogP contribution is 2.23. The molecule has 3 aromatic rings. The van der Waals surface area contributed by atoms with Crippen molar-refractivity contribution in [3.8, 4) is 5.69 Å². The fraction of sp³-hybridized carbons (Fsp3) is 0.286. The van der Waals surface area contributed by atoms with Gasteiger partial charge in [0.1, 0.15) is 5.69 Å². The Labute approximate surface area is 177 Å². The minimum absolute atomic E-state index is 0.00146. The third-order valence-electron chi connectivity index (χ3n) is 5.29. The maximum atomic E-state index is 14.0. The fourth-order valence-corrected chi connectivity index (χ4v) is 4.98. The van der Waals surface area contributed by atoms with Gasteiger partial charge in [-0.05, 0) is 24.3 Å². The monoisotopic (exact) mass is 445 g/mol. The molecule has 0 unspecified atom stereocenters. The number of fused-ring (bicyclic) bond motifs is 1. The summed E-state index contributed by atoms with van der Waals surface area (Å²) in [5.74, 6) is -1.60. The number of carbonyl (C=O) groups excluding carboxylic acids is 1. The summed E-state index contributed by atoms with van der Waals surface area (Å²) < 4.78 is 43.9. The molecule has 3 heterocycles. The lowest BCUT2D eigenvalue weighted by Crippen LogP contribution is -2.41. The van der Waals surface area contributed by atoms with E-state index in [0.717, 1.165) is 6.07 Å². The van der Waals surface area contributed by atoms with Crippen molar-refractivity contribution in [2.45, 2.75) is 6.54 Å². The standard InChI is InChI=1S/C21H20FN3O5S/c1-30-21(27)18-16(13-24-9-11-31(28,29)12-10-24)19(26)15-7-8-17(22)23-20(15)25(18)14-5-3-2-4-6-14/h2-8H,9-13H2,1H3. The number of ether oxygens (including phenoxy) is 1. The van der Waals surface area contributed by atoms with Crippen LogP contribution < -0.4 is 5.43 Å². The maximum absolute atomic E-state index is 14.0. The molecule has 2 aromatic heterocycles. The molecule has 10 heteroatoms. The van der Waals surface area contributed by atoms with Crippen LogP contribution in [0.25, 0.3) is 16.7 Å². The number of benzene rings is 1. The van der Waals surface area contributed by atoms with Crippen LogP contribution in [0.2, 0.25) is 0 Å². The number of esters is 1. The Hall–Kier alpha value is -3.11. The van der Waals surface area contributed by atoms with E-state index in [1.54, 1.807) is 30.3 Å². The van der Waals surface area contributed by atoms with Gasteiger partial charge in [-0.3, -0.25) is 14.3 Å². The summed E-state index contributed by atoms with van der Waals surface area (Å²) in [7, 11) is -1.91.